The van der Waals surface area contributed by atoms with Gasteiger partial charge in [-0.15, -0.1) is 0 Å². The molecule has 0 saturated carbocycles. The fourth-order valence-electron chi connectivity index (χ4n) is 3.91. The predicted molar refractivity (Wildman–Crippen MR) is 140 cm³/mol. The van der Waals surface area contributed by atoms with Gasteiger partial charge in [0.25, 0.3) is 0 Å². The molecule has 11 N–H and O–H groups in total. The first-order valence-corrected chi connectivity index (χ1v) is 12.3. The fourth-order valence-corrected chi connectivity index (χ4v) is 3.91. The number of benzene rings is 1. The van der Waals surface area contributed by atoms with Crippen LogP contribution in [-0.4, -0.2) is 69.8 Å². The third-order valence-corrected chi connectivity index (χ3v) is 6.03. The lowest BCUT2D eigenvalue weighted by atomic mass is 10.0. The van der Waals surface area contributed by atoms with Crippen LogP contribution in [0.4, 0.5) is 0 Å². The van der Waals surface area contributed by atoms with Gasteiger partial charge in [0.15, 0.2) is 0 Å². The van der Waals surface area contributed by atoms with Gasteiger partial charge in [-0.05, 0) is 24.0 Å². The van der Waals surface area contributed by atoms with E-state index in [2.05, 4.69) is 20.9 Å². The van der Waals surface area contributed by atoms with Gasteiger partial charge in [-0.1, -0.05) is 32.0 Å². The molecule has 2 rings (SSSR count). The maximum absolute atomic E-state index is 13.4. The maximum Gasteiger partial charge on any atom is 0.326 e. The van der Waals surface area contributed by atoms with Crippen molar-refractivity contribution in [1.82, 2.24) is 20.9 Å². The number of carboxylic acids is 1. The van der Waals surface area contributed by atoms with E-state index < -0.39 is 72.0 Å². The van der Waals surface area contributed by atoms with Gasteiger partial charge in [-0.25, -0.2) is 4.79 Å². The van der Waals surface area contributed by atoms with Crippen LogP contribution >= 0.6 is 0 Å². The zero-order valence-corrected chi connectivity index (χ0v) is 21.7. The van der Waals surface area contributed by atoms with Crippen LogP contribution in [0.15, 0.2) is 30.5 Å². The molecule has 1 aromatic heterocycles. The number of rotatable bonds is 15. The van der Waals surface area contributed by atoms with E-state index in [0.29, 0.717) is 5.56 Å². The number of H-pyrrole nitrogens is 1. The number of nitrogens with two attached hydrogens (primary N) is 3. The minimum Gasteiger partial charge on any atom is -0.480 e. The number of aromatic amines is 1. The van der Waals surface area contributed by atoms with Gasteiger partial charge in [0.2, 0.25) is 29.5 Å². The largest absolute Gasteiger partial charge is 0.480 e. The molecular weight excluding hydrogens is 510 g/mol. The number of aliphatic carboxylic acids is 1. The molecule has 0 spiro atoms. The molecule has 5 amide bonds. The highest BCUT2D eigenvalue weighted by atomic mass is 16.4. The SMILES string of the molecule is CC(C)C(NC(=O)C(CCC(N)=O)NC(=O)C(Cc1c[nH]c2ccccc12)NC(=O)C(N)CC(N)=O)C(=O)O. The summed E-state index contributed by atoms with van der Waals surface area (Å²) in [5.41, 5.74) is 17.6. The zero-order valence-electron chi connectivity index (χ0n) is 21.7. The van der Waals surface area contributed by atoms with Crippen molar-refractivity contribution in [2.24, 2.45) is 23.1 Å². The van der Waals surface area contributed by atoms with Gasteiger partial charge in [-0.3, -0.25) is 24.0 Å². The number of primary amides is 2. The molecule has 212 valence electrons. The molecule has 1 heterocycles. The minimum atomic E-state index is -1.34. The van der Waals surface area contributed by atoms with E-state index in [4.69, 9.17) is 17.2 Å². The molecule has 14 heteroatoms. The highest BCUT2D eigenvalue weighted by molar-refractivity contribution is 5.96. The molecule has 1 aromatic carbocycles. The summed E-state index contributed by atoms with van der Waals surface area (Å²) < 4.78 is 0. The number of nitrogens with one attached hydrogen (secondary N) is 4. The van der Waals surface area contributed by atoms with Crippen LogP contribution in [0.2, 0.25) is 0 Å². The fraction of sp³-hybridized carbons (Fsp3) is 0.440. The summed E-state index contributed by atoms with van der Waals surface area (Å²) in [7, 11) is 0. The Morgan fingerprint density at radius 2 is 1.51 bits per heavy atom. The first kappa shape index (κ1) is 30.8. The average molecular weight is 546 g/mol. The Morgan fingerprint density at radius 3 is 2.10 bits per heavy atom. The molecule has 0 fully saturated rings. The Labute approximate surface area is 224 Å². The number of fused-ring (bicyclic) bond motifs is 1. The average Bonchev–Trinajstić information content (AvgIpc) is 3.26. The molecule has 0 saturated heterocycles. The third-order valence-electron chi connectivity index (χ3n) is 6.03. The van der Waals surface area contributed by atoms with Crippen LogP contribution < -0.4 is 33.2 Å². The minimum absolute atomic E-state index is 0.0290. The van der Waals surface area contributed by atoms with Crippen LogP contribution in [-0.2, 0) is 35.2 Å². The summed E-state index contributed by atoms with van der Waals surface area (Å²) >= 11 is 0. The van der Waals surface area contributed by atoms with Crippen molar-refractivity contribution >= 4 is 46.4 Å². The summed E-state index contributed by atoms with van der Waals surface area (Å²) in [4.78, 5) is 76.3. The van der Waals surface area contributed by atoms with E-state index in [-0.39, 0.29) is 19.3 Å². The molecule has 0 bridgehead atoms. The number of aromatic nitrogens is 1. The highest BCUT2D eigenvalue weighted by Gasteiger charge is 2.32. The first-order chi connectivity index (χ1) is 18.3. The highest BCUT2D eigenvalue weighted by Crippen LogP contribution is 2.19. The van der Waals surface area contributed by atoms with E-state index in [0.717, 1.165) is 10.9 Å². The smallest absolute Gasteiger partial charge is 0.326 e. The van der Waals surface area contributed by atoms with Gasteiger partial charge in [-0.2, -0.15) is 0 Å². The molecule has 4 unspecified atom stereocenters. The van der Waals surface area contributed by atoms with Crippen molar-refractivity contribution in [1.29, 1.82) is 0 Å². The normalized spacial score (nSPS) is 14.2. The lowest BCUT2D eigenvalue weighted by Gasteiger charge is -2.26. The lowest BCUT2D eigenvalue weighted by Crippen LogP contribution is -2.58. The molecule has 0 aliphatic carbocycles. The van der Waals surface area contributed by atoms with Gasteiger partial charge in [0, 0.05) is 29.9 Å². The number of hydrogen-bond acceptors (Lipinski definition) is 7. The van der Waals surface area contributed by atoms with Gasteiger partial charge >= 0.3 is 5.97 Å². The van der Waals surface area contributed by atoms with E-state index in [1.165, 1.54) is 0 Å². The zero-order chi connectivity index (χ0) is 29.3. The van der Waals surface area contributed by atoms with E-state index in [1.54, 1.807) is 26.1 Å². The lowest BCUT2D eigenvalue weighted by molar-refractivity contribution is -0.143. The number of carboxylic acid groups (broad SMARTS) is 1. The molecule has 4 atom stereocenters. The molecule has 0 radical (unpaired) electrons. The van der Waals surface area contributed by atoms with Crippen molar-refractivity contribution in [2.75, 3.05) is 0 Å². The van der Waals surface area contributed by atoms with Crippen LogP contribution in [0.25, 0.3) is 10.9 Å². The Hall–Kier alpha value is -4.46. The standard InChI is InChI=1S/C25H35N7O7/c1-12(2)21(25(38)39)32-23(36)17(7-8-19(27)33)30-24(37)18(31-22(35)15(26)10-20(28)34)9-13-11-29-16-6-4-3-5-14(13)16/h3-6,11-12,15,17-18,21,29H,7-10,26H2,1-2H3,(H2,27,33)(H2,28,34)(H,30,37)(H,31,35)(H,32,36)(H,38,39). The molecular formula is C25H35N7O7. The summed E-state index contributed by atoms with van der Waals surface area (Å²) in [6, 6.07) is 2.09. The second kappa shape index (κ2) is 13.9. The number of hydrogen-bond donors (Lipinski definition) is 8. The van der Waals surface area contributed by atoms with Gasteiger partial charge in [0.1, 0.15) is 18.1 Å². The molecule has 39 heavy (non-hydrogen) atoms. The summed E-state index contributed by atoms with van der Waals surface area (Å²) in [5, 5.41) is 17.6. The molecule has 0 aliphatic rings. The summed E-state index contributed by atoms with van der Waals surface area (Å²) in [6.07, 6.45) is 0.687. The molecule has 2 aromatic rings. The van der Waals surface area contributed by atoms with E-state index in [9.17, 15) is 33.9 Å². The maximum atomic E-state index is 13.4. The van der Waals surface area contributed by atoms with Crippen molar-refractivity contribution < 1.29 is 33.9 Å². The quantitative estimate of drug-likeness (QED) is 0.129. The topological polar surface area (TPSA) is 253 Å². The van der Waals surface area contributed by atoms with Crippen molar-refractivity contribution in [3.05, 3.63) is 36.0 Å². The van der Waals surface area contributed by atoms with E-state index >= 15 is 0 Å². The van der Waals surface area contributed by atoms with Crippen molar-refractivity contribution in [2.45, 2.75) is 63.7 Å². The number of carbonyl (C=O) groups excluding carboxylic acids is 5. The first-order valence-electron chi connectivity index (χ1n) is 12.3. The summed E-state index contributed by atoms with van der Waals surface area (Å²) in [6.45, 7) is 3.19. The second-order valence-electron chi connectivity index (χ2n) is 9.54. The van der Waals surface area contributed by atoms with Crippen molar-refractivity contribution in [3.8, 4) is 0 Å². The predicted octanol–water partition coefficient (Wildman–Crippen LogP) is -1.63. The number of carbonyl (C=O) groups is 6. The van der Waals surface area contributed by atoms with Gasteiger partial charge < -0.3 is 43.2 Å². The Balaban J connectivity index is 2.33. The Morgan fingerprint density at radius 1 is 0.897 bits per heavy atom. The van der Waals surface area contributed by atoms with Crippen LogP contribution in [0.5, 0.6) is 0 Å². The number of para-hydroxylation sites is 1. The van der Waals surface area contributed by atoms with Crippen LogP contribution in [0.1, 0.15) is 38.7 Å². The van der Waals surface area contributed by atoms with Crippen LogP contribution in [0, 0.1) is 5.92 Å². The molecule has 0 aliphatic heterocycles. The molecule has 14 nitrogen and oxygen atoms in total. The Bertz CT molecular complexity index is 1230. The second-order valence-corrected chi connectivity index (χ2v) is 9.54. The third kappa shape index (κ3) is 9.10. The van der Waals surface area contributed by atoms with Gasteiger partial charge in [0.05, 0.1) is 12.5 Å². The monoisotopic (exact) mass is 545 g/mol. The van der Waals surface area contributed by atoms with Crippen molar-refractivity contribution in [3.63, 3.8) is 0 Å². The van der Waals surface area contributed by atoms with E-state index in [1.807, 2.05) is 18.2 Å². The van der Waals surface area contributed by atoms with Crippen LogP contribution in [0.3, 0.4) is 0 Å². The Kier molecular flexibility index (Phi) is 11.0. The number of amides is 5. The summed E-state index contributed by atoms with van der Waals surface area (Å²) in [5.74, 6) is -5.75.